The standard InChI is InChI=1S/C16H16O4/c1-12-4-2-3-5-15(12)20-14-8-6-13(7-9-14)19-11-10-16(17)18/h2-9H,10-11H2,1H3,(H,17,18). The molecule has 0 amide bonds. The monoisotopic (exact) mass is 272 g/mol. The maximum absolute atomic E-state index is 10.4. The van der Waals surface area contributed by atoms with Gasteiger partial charge in [-0.1, -0.05) is 18.2 Å². The van der Waals surface area contributed by atoms with Gasteiger partial charge in [0, 0.05) is 0 Å². The molecule has 0 aliphatic rings. The molecule has 0 aliphatic heterocycles. The number of aryl methyl sites for hydroxylation is 1. The third-order valence-corrected chi connectivity index (χ3v) is 2.73. The summed E-state index contributed by atoms with van der Waals surface area (Å²) in [7, 11) is 0. The predicted octanol–water partition coefficient (Wildman–Crippen LogP) is 3.64. The number of carboxylic acid groups (broad SMARTS) is 1. The van der Waals surface area contributed by atoms with Crippen molar-refractivity contribution in [2.24, 2.45) is 0 Å². The summed E-state index contributed by atoms with van der Waals surface area (Å²) in [5, 5.41) is 8.53. The summed E-state index contributed by atoms with van der Waals surface area (Å²) in [5.74, 6) is 1.28. The lowest BCUT2D eigenvalue weighted by molar-refractivity contribution is -0.137. The maximum Gasteiger partial charge on any atom is 0.306 e. The molecule has 0 fully saturated rings. The highest BCUT2D eigenvalue weighted by Gasteiger charge is 2.02. The van der Waals surface area contributed by atoms with Crippen molar-refractivity contribution in [1.82, 2.24) is 0 Å². The van der Waals surface area contributed by atoms with Gasteiger partial charge in [-0.05, 0) is 42.8 Å². The number of carbonyl (C=O) groups is 1. The van der Waals surface area contributed by atoms with Gasteiger partial charge in [0.25, 0.3) is 0 Å². The van der Waals surface area contributed by atoms with E-state index in [0.717, 1.165) is 11.3 Å². The fourth-order valence-electron chi connectivity index (χ4n) is 1.66. The average molecular weight is 272 g/mol. The first kappa shape index (κ1) is 13.9. The highest BCUT2D eigenvalue weighted by atomic mass is 16.5. The van der Waals surface area contributed by atoms with Gasteiger partial charge in [-0.15, -0.1) is 0 Å². The van der Waals surface area contributed by atoms with Gasteiger partial charge in [-0.3, -0.25) is 4.79 Å². The summed E-state index contributed by atoms with van der Waals surface area (Å²) in [6.07, 6.45) is -0.0124. The van der Waals surface area contributed by atoms with Crippen molar-refractivity contribution in [2.45, 2.75) is 13.3 Å². The summed E-state index contributed by atoms with van der Waals surface area (Å²) in [4.78, 5) is 10.4. The van der Waals surface area contributed by atoms with Crippen LogP contribution < -0.4 is 9.47 Å². The predicted molar refractivity (Wildman–Crippen MR) is 75.4 cm³/mol. The molecule has 1 N–H and O–H groups in total. The number of rotatable bonds is 6. The topological polar surface area (TPSA) is 55.8 Å². The zero-order valence-electron chi connectivity index (χ0n) is 11.2. The molecule has 0 spiro atoms. The summed E-state index contributed by atoms with van der Waals surface area (Å²) >= 11 is 0. The molecule has 0 radical (unpaired) electrons. The molecule has 0 atom stereocenters. The minimum absolute atomic E-state index is 0.0124. The Kier molecular flexibility index (Phi) is 4.60. The SMILES string of the molecule is Cc1ccccc1Oc1ccc(OCCC(=O)O)cc1. The van der Waals surface area contributed by atoms with E-state index in [1.54, 1.807) is 24.3 Å². The third kappa shape index (κ3) is 4.02. The Labute approximate surface area is 117 Å². The second-order valence-electron chi connectivity index (χ2n) is 4.33. The van der Waals surface area contributed by atoms with E-state index >= 15 is 0 Å². The molecule has 2 aromatic rings. The Morgan fingerprint density at radius 1 is 1.05 bits per heavy atom. The number of aliphatic carboxylic acids is 1. The molecule has 0 aromatic heterocycles. The minimum atomic E-state index is -0.871. The molecule has 2 aromatic carbocycles. The van der Waals surface area contributed by atoms with Crippen LogP contribution in [0.2, 0.25) is 0 Å². The Morgan fingerprint density at radius 3 is 2.35 bits per heavy atom. The van der Waals surface area contributed by atoms with Gasteiger partial charge in [0.15, 0.2) is 0 Å². The summed E-state index contributed by atoms with van der Waals surface area (Å²) < 4.78 is 11.1. The smallest absolute Gasteiger partial charge is 0.306 e. The van der Waals surface area contributed by atoms with E-state index in [2.05, 4.69) is 0 Å². The van der Waals surface area contributed by atoms with E-state index in [0.29, 0.717) is 11.5 Å². The van der Waals surface area contributed by atoms with Crippen molar-refractivity contribution < 1.29 is 19.4 Å². The van der Waals surface area contributed by atoms with Crippen LogP contribution in [-0.2, 0) is 4.79 Å². The van der Waals surface area contributed by atoms with E-state index in [1.807, 2.05) is 31.2 Å². The Bertz CT molecular complexity index is 575. The van der Waals surface area contributed by atoms with E-state index in [1.165, 1.54) is 0 Å². The van der Waals surface area contributed by atoms with Gasteiger partial charge in [0.2, 0.25) is 0 Å². The lowest BCUT2D eigenvalue weighted by Gasteiger charge is -2.09. The normalized spacial score (nSPS) is 10.1. The molecule has 0 aliphatic carbocycles. The quantitative estimate of drug-likeness (QED) is 0.872. The van der Waals surface area contributed by atoms with Crippen molar-refractivity contribution >= 4 is 5.97 Å². The van der Waals surface area contributed by atoms with Crippen LogP contribution in [0.25, 0.3) is 0 Å². The van der Waals surface area contributed by atoms with E-state index in [9.17, 15) is 4.79 Å². The van der Waals surface area contributed by atoms with Crippen molar-refractivity contribution in [3.8, 4) is 17.2 Å². The number of hydrogen-bond acceptors (Lipinski definition) is 3. The molecule has 0 bridgehead atoms. The number of para-hydroxylation sites is 1. The van der Waals surface area contributed by atoms with Gasteiger partial charge in [0.1, 0.15) is 17.2 Å². The second-order valence-corrected chi connectivity index (χ2v) is 4.33. The first-order chi connectivity index (χ1) is 9.65. The van der Waals surface area contributed by atoms with Crippen molar-refractivity contribution in [3.05, 3.63) is 54.1 Å². The third-order valence-electron chi connectivity index (χ3n) is 2.73. The number of ether oxygens (including phenoxy) is 2. The van der Waals surface area contributed by atoms with Crippen LogP contribution in [0.5, 0.6) is 17.2 Å². The van der Waals surface area contributed by atoms with Crippen LogP contribution in [0.1, 0.15) is 12.0 Å². The Balaban J connectivity index is 1.95. The van der Waals surface area contributed by atoms with Crippen LogP contribution in [0.3, 0.4) is 0 Å². The number of benzene rings is 2. The van der Waals surface area contributed by atoms with Crippen LogP contribution >= 0.6 is 0 Å². The van der Waals surface area contributed by atoms with E-state index in [-0.39, 0.29) is 13.0 Å². The molecule has 0 heterocycles. The molecule has 4 nitrogen and oxygen atoms in total. The van der Waals surface area contributed by atoms with Gasteiger partial charge in [-0.25, -0.2) is 0 Å². The fraction of sp³-hybridized carbons (Fsp3) is 0.188. The zero-order chi connectivity index (χ0) is 14.4. The maximum atomic E-state index is 10.4. The van der Waals surface area contributed by atoms with Crippen LogP contribution in [-0.4, -0.2) is 17.7 Å². The molecule has 104 valence electrons. The van der Waals surface area contributed by atoms with Crippen LogP contribution in [0.4, 0.5) is 0 Å². The zero-order valence-corrected chi connectivity index (χ0v) is 11.2. The molecule has 20 heavy (non-hydrogen) atoms. The molecule has 4 heteroatoms. The Morgan fingerprint density at radius 2 is 1.70 bits per heavy atom. The first-order valence-electron chi connectivity index (χ1n) is 6.33. The number of carboxylic acids is 1. The molecule has 0 saturated carbocycles. The molecular formula is C16H16O4. The van der Waals surface area contributed by atoms with Gasteiger partial charge in [-0.2, -0.15) is 0 Å². The highest BCUT2D eigenvalue weighted by molar-refractivity contribution is 5.66. The van der Waals surface area contributed by atoms with Crippen molar-refractivity contribution in [1.29, 1.82) is 0 Å². The largest absolute Gasteiger partial charge is 0.493 e. The molecule has 0 unspecified atom stereocenters. The highest BCUT2D eigenvalue weighted by Crippen LogP contribution is 2.26. The van der Waals surface area contributed by atoms with Crippen LogP contribution in [0.15, 0.2) is 48.5 Å². The average Bonchev–Trinajstić information content (AvgIpc) is 2.43. The van der Waals surface area contributed by atoms with Crippen LogP contribution in [0, 0.1) is 6.92 Å². The number of hydrogen-bond donors (Lipinski definition) is 1. The van der Waals surface area contributed by atoms with E-state index in [4.69, 9.17) is 14.6 Å². The summed E-state index contributed by atoms with van der Waals surface area (Å²) in [6, 6.07) is 14.9. The summed E-state index contributed by atoms with van der Waals surface area (Å²) in [6.45, 7) is 2.14. The lowest BCUT2D eigenvalue weighted by atomic mass is 10.2. The molecule has 2 rings (SSSR count). The van der Waals surface area contributed by atoms with Crippen molar-refractivity contribution in [2.75, 3.05) is 6.61 Å². The summed E-state index contributed by atoms with van der Waals surface area (Å²) in [5.41, 5.74) is 1.06. The Hall–Kier alpha value is -2.49. The fourth-order valence-corrected chi connectivity index (χ4v) is 1.66. The second kappa shape index (κ2) is 6.61. The molecular weight excluding hydrogens is 256 g/mol. The minimum Gasteiger partial charge on any atom is -0.493 e. The van der Waals surface area contributed by atoms with E-state index < -0.39 is 5.97 Å². The molecule has 0 saturated heterocycles. The van der Waals surface area contributed by atoms with Crippen molar-refractivity contribution in [3.63, 3.8) is 0 Å². The van der Waals surface area contributed by atoms with Gasteiger partial charge < -0.3 is 14.6 Å². The lowest BCUT2D eigenvalue weighted by Crippen LogP contribution is -2.04. The van der Waals surface area contributed by atoms with Gasteiger partial charge >= 0.3 is 5.97 Å². The van der Waals surface area contributed by atoms with Gasteiger partial charge in [0.05, 0.1) is 13.0 Å². The first-order valence-corrected chi connectivity index (χ1v) is 6.33.